The van der Waals surface area contributed by atoms with E-state index in [9.17, 15) is 0 Å². The largest absolute Gasteiger partial charge is 0.455 e. The van der Waals surface area contributed by atoms with Gasteiger partial charge in [-0.15, -0.1) is 0 Å². The number of hydrogen-bond donors (Lipinski definition) is 0. The summed E-state index contributed by atoms with van der Waals surface area (Å²) in [5.74, 6) is 0.924. The van der Waals surface area contributed by atoms with E-state index >= 15 is 0 Å². The van der Waals surface area contributed by atoms with Crippen LogP contribution in [0.4, 0.5) is 0 Å². The molecule has 2 heterocycles. The molecule has 0 spiro atoms. The molecule has 0 aliphatic rings. The molecule has 5 aromatic carbocycles. The van der Waals surface area contributed by atoms with Crippen molar-refractivity contribution in [1.82, 2.24) is 9.55 Å². The van der Waals surface area contributed by atoms with Gasteiger partial charge in [-0.25, -0.2) is 4.98 Å². The third-order valence-electron chi connectivity index (χ3n) is 7.39. The fourth-order valence-electron chi connectivity index (χ4n) is 5.39. The molecule has 0 radical (unpaired) electrons. The Morgan fingerprint density at radius 3 is 2.21 bits per heavy atom. The van der Waals surface area contributed by atoms with Crippen molar-refractivity contribution >= 4 is 33.0 Å². The van der Waals surface area contributed by atoms with Crippen LogP contribution in [0, 0.1) is 0 Å². The second kappa shape index (κ2) is 8.46. The van der Waals surface area contributed by atoms with Crippen LogP contribution in [-0.2, 0) is 5.41 Å². The van der Waals surface area contributed by atoms with E-state index in [0.717, 1.165) is 61.2 Å². The maximum absolute atomic E-state index is 6.34. The number of benzene rings is 5. The van der Waals surface area contributed by atoms with E-state index in [1.165, 1.54) is 5.56 Å². The zero-order chi connectivity index (χ0) is 25.9. The van der Waals surface area contributed by atoms with Gasteiger partial charge in [-0.1, -0.05) is 99.6 Å². The Hall–Kier alpha value is -4.63. The number of imidazole rings is 1. The van der Waals surface area contributed by atoms with Gasteiger partial charge in [0.25, 0.3) is 0 Å². The molecule has 0 amide bonds. The van der Waals surface area contributed by atoms with Gasteiger partial charge in [0.2, 0.25) is 0 Å². The minimum atomic E-state index is 0.102. The Bertz CT molecular complexity index is 1950. The van der Waals surface area contributed by atoms with Crippen LogP contribution in [-0.4, -0.2) is 9.55 Å². The van der Waals surface area contributed by atoms with Crippen LogP contribution >= 0.6 is 0 Å². The molecule has 0 unspecified atom stereocenters. The molecular formula is C35H28N2O. The molecule has 38 heavy (non-hydrogen) atoms. The highest BCUT2D eigenvalue weighted by atomic mass is 16.3. The molecule has 2 aromatic heterocycles. The molecule has 3 nitrogen and oxygen atoms in total. The van der Waals surface area contributed by atoms with Crippen molar-refractivity contribution < 1.29 is 4.42 Å². The smallest absolute Gasteiger partial charge is 0.145 e. The summed E-state index contributed by atoms with van der Waals surface area (Å²) in [6.45, 7) is 6.73. The highest BCUT2D eigenvalue weighted by Gasteiger charge is 2.18. The first kappa shape index (κ1) is 22.6. The topological polar surface area (TPSA) is 31.0 Å². The van der Waals surface area contributed by atoms with Gasteiger partial charge in [-0.3, -0.25) is 4.57 Å². The van der Waals surface area contributed by atoms with Gasteiger partial charge in [0.05, 0.1) is 11.0 Å². The summed E-state index contributed by atoms with van der Waals surface area (Å²) >= 11 is 0. The van der Waals surface area contributed by atoms with Gasteiger partial charge >= 0.3 is 0 Å². The van der Waals surface area contributed by atoms with Crippen molar-refractivity contribution in [3.63, 3.8) is 0 Å². The average molecular weight is 493 g/mol. The van der Waals surface area contributed by atoms with Gasteiger partial charge in [-0.05, 0) is 52.9 Å². The molecule has 0 bridgehead atoms. The lowest BCUT2D eigenvalue weighted by atomic mass is 9.87. The highest BCUT2D eigenvalue weighted by Crippen LogP contribution is 2.37. The molecule has 3 heteroatoms. The maximum atomic E-state index is 6.34. The molecule has 0 saturated heterocycles. The molecule has 7 rings (SSSR count). The number of para-hydroxylation sites is 4. The standard InChI is InChI=1S/C35H28N2O/c1-35(2,3)25-18-20-26(21-19-25)37-31-16-6-5-15-30(31)36-34(37)24-11-8-10-23(22-24)27-13-9-14-29-28-12-4-7-17-32(28)38-33(27)29/h4-22H,1-3H3. The van der Waals surface area contributed by atoms with Gasteiger partial charge in [-0.2, -0.15) is 0 Å². The van der Waals surface area contributed by atoms with Crippen LogP contribution in [0.3, 0.4) is 0 Å². The lowest BCUT2D eigenvalue weighted by Gasteiger charge is -2.19. The first-order valence-electron chi connectivity index (χ1n) is 13.1. The number of nitrogens with zero attached hydrogens (tertiary/aromatic N) is 2. The molecule has 184 valence electrons. The Kier molecular flexibility index (Phi) is 5.02. The van der Waals surface area contributed by atoms with E-state index in [1.54, 1.807) is 0 Å². The predicted molar refractivity (Wildman–Crippen MR) is 158 cm³/mol. The molecule has 0 atom stereocenters. The third kappa shape index (κ3) is 3.62. The van der Waals surface area contributed by atoms with Gasteiger partial charge in [0.1, 0.15) is 17.0 Å². The molecule has 0 fully saturated rings. The number of furan rings is 1. The molecule has 0 saturated carbocycles. The van der Waals surface area contributed by atoms with Crippen molar-refractivity contribution in [2.24, 2.45) is 0 Å². The van der Waals surface area contributed by atoms with Gasteiger partial charge in [0, 0.05) is 27.6 Å². The Morgan fingerprint density at radius 1 is 0.658 bits per heavy atom. The van der Waals surface area contributed by atoms with Crippen molar-refractivity contribution in [1.29, 1.82) is 0 Å². The second-order valence-electron chi connectivity index (χ2n) is 10.9. The summed E-state index contributed by atoms with van der Waals surface area (Å²) in [5.41, 5.74) is 9.66. The minimum Gasteiger partial charge on any atom is -0.455 e. The monoisotopic (exact) mass is 492 g/mol. The van der Waals surface area contributed by atoms with Crippen LogP contribution in [0.15, 0.2) is 120 Å². The van der Waals surface area contributed by atoms with E-state index in [1.807, 2.05) is 18.2 Å². The summed E-state index contributed by atoms with van der Waals surface area (Å²) in [7, 11) is 0. The van der Waals surface area contributed by atoms with Crippen molar-refractivity contribution in [3.05, 3.63) is 121 Å². The quantitative estimate of drug-likeness (QED) is 0.246. The summed E-state index contributed by atoms with van der Waals surface area (Å²) in [5, 5.41) is 2.27. The van der Waals surface area contributed by atoms with E-state index < -0.39 is 0 Å². The van der Waals surface area contributed by atoms with Gasteiger partial charge in [0.15, 0.2) is 0 Å². The average Bonchev–Trinajstić information content (AvgIpc) is 3.52. The zero-order valence-electron chi connectivity index (χ0n) is 21.8. The van der Waals surface area contributed by atoms with Crippen LogP contribution in [0.2, 0.25) is 0 Å². The minimum absolute atomic E-state index is 0.102. The predicted octanol–water partition coefficient (Wildman–Crippen LogP) is 9.56. The molecule has 7 aromatic rings. The summed E-state index contributed by atoms with van der Waals surface area (Å²) in [6, 6.07) is 40.4. The van der Waals surface area contributed by atoms with Crippen LogP contribution in [0.1, 0.15) is 26.3 Å². The molecular weight excluding hydrogens is 464 g/mol. The first-order chi connectivity index (χ1) is 18.5. The second-order valence-corrected chi connectivity index (χ2v) is 10.9. The molecule has 0 N–H and O–H groups in total. The Labute approximate surface area is 222 Å². The Morgan fingerprint density at radius 2 is 1.37 bits per heavy atom. The van der Waals surface area contributed by atoms with Crippen molar-refractivity contribution in [3.8, 4) is 28.2 Å². The number of hydrogen-bond acceptors (Lipinski definition) is 2. The van der Waals surface area contributed by atoms with Crippen LogP contribution in [0.5, 0.6) is 0 Å². The van der Waals surface area contributed by atoms with Gasteiger partial charge < -0.3 is 4.42 Å². The fraction of sp³-hybridized carbons (Fsp3) is 0.114. The number of fused-ring (bicyclic) bond motifs is 4. The highest BCUT2D eigenvalue weighted by molar-refractivity contribution is 6.09. The normalized spacial score (nSPS) is 12.1. The summed E-state index contributed by atoms with van der Waals surface area (Å²) in [6.07, 6.45) is 0. The van der Waals surface area contributed by atoms with Crippen LogP contribution < -0.4 is 0 Å². The fourth-order valence-corrected chi connectivity index (χ4v) is 5.39. The van der Waals surface area contributed by atoms with Crippen molar-refractivity contribution in [2.45, 2.75) is 26.2 Å². The van der Waals surface area contributed by atoms with E-state index in [-0.39, 0.29) is 5.41 Å². The van der Waals surface area contributed by atoms with E-state index in [2.05, 4.69) is 122 Å². The number of rotatable bonds is 3. The molecule has 0 aliphatic carbocycles. The Balaban J connectivity index is 1.41. The lowest BCUT2D eigenvalue weighted by molar-refractivity contribution is 0.590. The lowest BCUT2D eigenvalue weighted by Crippen LogP contribution is -2.11. The zero-order valence-corrected chi connectivity index (χ0v) is 21.8. The molecule has 0 aliphatic heterocycles. The van der Waals surface area contributed by atoms with Crippen LogP contribution in [0.25, 0.3) is 61.2 Å². The van der Waals surface area contributed by atoms with E-state index in [0.29, 0.717) is 0 Å². The summed E-state index contributed by atoms with van der Waals surface area (Å²) < 4.78 is 8.61. The number of aromatic nitrogens is 2. The summed E-state index contributed by atoms with van der Waals surface area (Å²) in [4.78, 5) is 5.10. The van der Waals surface area contributed by atoms with E-state index in [4.69, 9.17) is 9.40 Å². The maximum Gasteiger partial charge on any atom is 0.145 e. The third-order valence-corrected chi connectivity index (χ3v) is 7.39. The first-order valence-corrected chi connectivity index (χ1v) is 13.1. The van der Waals surface area contributed by atoms with Crippen molar-refractivity contribution in [2.75, 3.05) is 0 Å². The SMILES string of the molecule is CC(C)(C)c1ccc(-n2c(-c3cccc(-c4cccc5c4oc4ccccc45)c3)nc3ccccc32)cc1.